The summed E-state index contributed by atoms with van der Waals surface area (Å²) in [6, 6.07) is 5.03. The van der Waals surface area contributed by atoms with Crippen molar-refractivity contribution in [2.24, 2.45) is 5.73 Å². The predicted molar refractivity (Wildman–Crippen MR) is 84.4 cm³/mol. The van der Waals surface area contributed by atoms with Gasteiger partial charge in [0.1, 0.15) is 5.82 Å². The molecular formula is C16H20FN3O2. The number of carbonyl (C=O) groups excluding carboxylic acids is 1. The molecule has 0 bridgehead atoms. The molecule has 2 aromatic rings. The van der Waals surface area contributed by atoms with Crippen LogP contribution in [0.1, 0.15) is 36.5 Å². The minimum Gasteiger partial charge on any atom is -0.348 e. The zero-order valence-electron chi connectivity index (χ0n) is 12.5. The molecular weight excluding hydrogens is 285 g/mol. The average molecular weight is 305 g/mol. The summed E-state index contributed by atoms with van der Waals surface area (Å²) in [5.74, 6) is -0.835. The second kappa shape index (κ2) is 7.17. The van der Waals surface area contributed by atoms with Crippen molar-refractivity contribution < 1.29 is 9.18 Å². The molecule has 0 aliphatic heterocycles. The van der Waals surface area contributed by atoms with Crippen molar-refractivity contribution in [3.05, 3.63) is 46.0 Å². The van der Waals surface area contributed by atoms with Crippen molar-refractivity contribution >= 4 is 16.8 Å². The van der Waals surface area contributed by atoms with Crippen LogP contribution in [0.25, 0.3) is 10.9 Å². The smallest absolute Gasteiger partial charge is 0.252 e. The SMILES string of the molecule is CCCCC(CN)NC(=O)c1cc(=O)[nH]c2cc(F)ccc12. The topological polar surface area (TPSA) is 88.0 Å². The summed E-state index contributed by atoms with van der Waals surface area (Å²) < 4.78 is 13.3. The maximum Gasteiger partial charge on any atom is 0.252 e. The highest BCUT2D eigenvalue weighted by Crippen LogP contribution is 2.16. The van der Waals surface area contributed by atoms with Crippen molar-refractivity contribution in [1.82, 2.24) is 10.3 Å². The first-order valence-corrected chi connectivity index (χ1v) is 7.38. The van der Waals surface area contributed by atoms with E-state index in [1.165, 1.54) is 24.3 Å². The average Bonchev–Trinajstić information content (AvgIpc) is 2.49. The number of aromatic nitrogens is 1. The summed E-state index contributed by atoms with van der Waals surface area (Å²) in [4.78, 5) is 26.6. The van der Waals surface area contributed by atoms with Crippen molar-refractivity contribution in [2.75, 3.05) is 6.54 Å². The van der Waals surface area contributed by atoms with Crippen LogP contribution in [0.3, 0.4) is 0 Å². The molecule has 1 amide bonds. The fourth-order valence-corrected chi connectivity index (χ4v) is 2.38. The summed E-state index contributed by atoms with van der Waals surface area (Å²) >= 11 is 0. The third-order valence-electron chi connectivity index (χ3n) is 3.58. The summed E-state index contributed by atoms with van der Waals surface area (Å²) in [7, 11) is 0. The number of hydrogen-bond acceptors (Lipinski definition) is 3. The third kappa shape index (κ3) is 3.71. The Morgan fingerprint density at radius 1 is 1.41 bits per heavy atom. The van der Waals surface area contributed by atoms with E-state index in [1.54, 1.807) is 0 Å². The number of halogens is 1. The van der Waals surface area contributed by atoms with Crippen LogP contribution in [-0.4, -0.2) is 23.5 Å². The number of carbonyl (C=O) groups is 1. The number of H-pyrrole nitrogens is 1. The standard InChI is InChI=1S/C16H20FN3O2/c1-2-3-4-11(9-18)19-16(22)13-8-15(21)20-14-7-10(17)5-6-12(13)14/h5-8,11H,2-4,9,18H2,1H3,(H,19,22)(H,20,21). The zero-order chi connectivity index (χ0) is 16.1. The fraction of sp³-hybridized carbons (Fsp3) is 0.375. The van der Waals surface area contributed by atoms with Crippen molar-refractivity contribution in [2.45, 2.75) is 32.2 Å². The van der Waals surface area contributed by atoms with Gasteiger partial charge in [-0.05, 0) is 24.6 Å². The third-order valence-corrected chi connectivity index (χ3v) is 3.58. The Labute approximate surface area is 127 Å². The van der Waals surface area contributed by atoms with Crippen molar-refractivity contribution in [3.8, 4) is 0 Å². The molecule has 0 radical (unpaired) electrons. The molecule has 0 spiro atoms. The lowest BCUT2D eigenvalue weighted by atomic mass is 10.1. The van der Waals surface area contributed by atoms with E-state index in [9.17, 15) is 14.0 Å². The van der Waals surface area contributed by atoms with Gasteiger partial charge in [0.15, 0.2) is 0 Å². The van der Waals surface area contributed by atoms with E-state index in [2.05, 4.69) is 17.2 Å². The lowest BCUT2D eigenvalue weighted by Gasteiger charge is -2.17. The molecule has 0 aliphatic carbocycles. The van der Waals surface area contributed by atoms with Crippen LogP contribution in [-0.2, 0) is 0 Å². The van der Waals surface area contributed by atoms with Crippen molar-refractivity contribution in [1.29, 1.82) is 0 Å². The Kier molecular flexibility index (Phi) is 5.27. The monoisotopic (exact) mass is 305 g/mol. The van der Waals surface area contributed by atoms with Crippen LogP contribution in [0, 0.1) is 5.82 Å². The van der Waals surface area contributed by atoms with Crippen LogP contribution in [0.15, 0.2) is 29.1 Å². The number of nitrogens with one attached hydrogen (secondary N) is 2. The number of nitrogens with two attached hydrogens (primary N) is 1. The van der Waals surface area contributed by atoms with Gasteiger partial charge in [-0.1, -0.05) is 19.8 Å². The lowest BCUT2D eigenvalue weighted by Crippen LogP contribution is -2.40. The normalized spacial score (nSPS) is 12.3. The molecule has 1 atom stereocenters. The highest BCUT2D eigenvalue weighted by molar-refractivity contribution is 6.06. The van der Waals surface area contributed by atoms with Crippen LogP contribution in [0.2, 0.25) is 0 Å². The molecule has 5 nitrogen and oxygen atoms in total. The Bertz CT molecular complexity index is 727. The van der Waals surface area contributed by atoms with Crippen LogP contribution < -0.4 is 16.6 Å². The first-order valence-electron chi connectivity index (χ1n) is 7.38. The van der Waals surface area contributed by atoms with Gasteiger partial charge in [-0.2, -0.15) is 0 Å². The molecule has 118 valence electrons. The molecule has 22 heavy (non-hydrogen) atoms. The van der Waals surface area contributed by atoms with Crippen LogP contribution in [0.4, 0.5) is 4.39 Å². The first-order chi connectivity index (χ1) is 10.5. The van der Waals surface area contributed by atoms with Gasteiger partial charge in [0.2, 0.25) is 5.56 Å². The summed E-state index contributed by atoms with van der Waals surface area (Å²) in [6.07, 6.45) is 2.76. The first kappa shape index (κ1) is 16.2. The van der Waals surface area contributed by atoms with Gasteiger partial charge in [0.25, 0.3) is 5.91 Å². The molecule has 0 saturated heterocycles. The molecule has 0 saturated carbocycles. The highest BCUT2D eigenvalue weighted by atomic mass is 19.1. The quantitative estimate of drug-likeness (QED) is 0.762. The van der Waals surface area contributed by atoms with E-state index in [4.69, 9.17) is 5.73 Å². The molecule has 2 rings (SSSR count). The van der Waals surface area contributed by atoms with E-state index in [1.807, 2.05) is 0 Å². The zero-order valence-corrected chi connectivity index (χ0v) is 12.5. The number of unbranched alkanes of at least 4 members (excludes halogenated alkanes) is 1. The Balaban J connectivity index is 2.33. The number of rotatable bonds is 6. The van der Waals surface area contributed by atoms with E-state index in [-0.39, 0.29) is 17.5 Å². The second-order valence-corrected chi connectivity index (χ2v) is 5.29. The van der Waals surface area contributed by atoms with Gasteiger partial charge < -0.3 is 16.0 Å². The maximum absolute atomic E-state index is 13.3. The van der Waals surface area contributed by atoms with E-state index >= 15 is 0 Å². The fourth-order valence-electron chi connectivity index (χ4n) is 2.38. The Morgan fingerprint density at radius 2 is 2.18 bits per heavy atom. The van der Waals surface area contributed by atoms with Crippen molar-refractivity contribution in [3.63, 3.8) is 0 Å². The molecule has 1 aromatic carbocycles. The van der Waals surface area contributed by atoms with Crippen LogP contribution >= 0.6 is 0 Å². The number of hydrogen-bond donors (Lipinski definition) is 3. The minimum atomic E-state index is -0.469. The number of amides is 1. The summed E-state index contributed by atoms with van der Waals surface area (Å²) in [6.45, 7) is 2.40. The van der Waals surface area contributed by atoms with Gasteiger partial charge in [-0.3, -0.25) is 9.59 Å². The number of fused-ring (bicyclic) bond motifs is 1. The lowest BCUT2D eigenvalue weighted by molar-refractivity contribution is 0.0937. The van der Waals surface area contributed by atoms with Gasteiger partial charge in [-0.15, -0.1) is 0 Å². The molecule has 4 N–H and O–H groups in total. The van der Waals surface area contributed by atoms with Gasteiger partial charge in [0, 0.05) is 24.0 Å². The number of aromatic amines is 1. The largest absolute Gasteiger partial charge is 0.348 e. The van der Waals surface area contributed by atoms with E-state index < -0.39 is 11.4 Å². The molecule has 0 aliphatic rings. The van der Waals surface area contributed by atoms with Crippen LogP contribution in [0.5, 0.6) is 0 Å². The highest BCUT2D eigenvalue weighted by Gasteiger charge is 2.16. The number of benzene rings is 1. The Morgan fingerprint density at radius 3 is 2.86 bits per heavy atom. The molecule has 1 aromatic heterocycles. The molecule has 1 heterocycles. The van der Waals surface area contributed by atoms with Gasteiger partial charge >= 0.3 is 0 Å². The van der Waals surface area contributed by atoms with Gasteiger partial charge in [-0.25, -0.2) is 4.39 Å². The van der Waals surface area contributed by atoms with E-state index in [0.29, 0.717) is 17.4 Å². The second-order valence-electron chi connectivity index (χ2n) is 5.29. The Hall–Kier alpha value is -2.21. The summed E-state index contributed by atoms with van der Waals surface area (Å²) in [5, 5.41) is 3.35. The number of pyridine rings is 1. The van der Waals surface area contributed by atoms with Gasteiger partial charge in [0.05, 0.1) is 11.1 Å². The molecule has 6 heteroatoms. The molecule has 0 fully saturated rings. The predicted octanol–water partition coefficient (Wildman–Crippen LogP) is 1.91. The minimum absolute atomic E-state index is 0.137. The maximum atomic E-state index is 13.3. The molecule has 1 unspecified atom stereocenters. The van der Waals surface area contributed by atoms with E-state index in [0.717, 1.165) is 19.3 Å². The summed E-state index contributed by atoms with van der Waals surface area (Å²) in [5.41, 5.74) is 5.76.